The SMILES string of the molecule is O=C(NCc1ccc(-n2cccn2)cc1)C1CNC1. The number of nitrogens with one attached hydrogen (secondary N) is 2. The maximum absolute atomic E-state index is 11.7. The second-order valence-corrected chi connectivity index (χ2v) is 4.69. The van der Waals surface area contributed by atoms with Crippen LogP contribution in [0.1, 0.15) is 5.56 Å². The van der Waals surface area contributed by atoms with Crippen LogP contribution in [0.15, 0.2) is 42.7 Å². The van der Waals surface area contributed by atoms with Crippen molar-refractivity contribution in [1.29, 1.82) is 0 Å². The van der Waals surface area contributed by atoms with Crippen molar-refractivity contribution < 1.29 is 4.79 Å². The number of benzene rings is 1. The van der Waals surface area contributed by atoms with Crippen molar-refractivity contribution in [2.75, 3.05) is 13.1 Å². The molecule has 5 nitrogen and oxygen atoms in total. The molecule has 1 saturated heterocycles. The minimum absolute atomic E-state index is 0.134. The van der Waals surface area contributed by atoms with Crippen LogP contribution in [-0.4, -0.2) is 28.8 Å². The van der Waals surface area contributed by atoms with Crippen molar-refractivity contribution in [2.24, 2.45) is 5.92 Å². The van der Waals surface area contributed by atoms with Gasteiger partial charge in [0.15, 0.2) is 0 Å². The molecule has 2 aromatic rings. The van der Waals surface area contributed by atoms with Crippen LogP contribution in [0.4, 0.5) is 0 Å². The number of nitrogens with zero attached hydrogens (tertiary/aromatic N) is 2. The molecule has 0 bridgehead atoms. The molecule has 1 fully saturated rings. The number of rotatable bonds is 4. The van der Waals surface area contributed by atoms with Crippen LogP contribution >= 0.6 is 0 Å². The zero-order chi connectivity index (χ0) is 13.1. The summed E-state index contributed by atoms with van der Waals surface area (Å²) in [6, 6.07) is 9.91. The molecule has 5 heteroatoms. The van der Waals surface area contributed by atoms with Gasteiger partial charge in [0.1, 0.15) is 0 Å². The standard InChI is InChI=1S/C14H16N4O/c19-14(12-9-15-10-12)16-8-11-2-4-13(5-3-11)18-7-1-6-17-18/h1-7,12,15H,8-10H2,(H,16,19). The van der Waals surface area contributed by atoms with Crippen LogP contribution in [-0.2, 0) is 11.3 Å². The summed E-state index contributed by atoms with van der Waals surface area (Å²) in [7, 11) is 0. The molecular formula is C14H16N4O. The molecule has 3 rings (SSSR count). The smallest absolute Gasteiger partial charge is 0.225 e. The number of carbonyl (C=O) groups is 1. The van der Waals surface area contributed by atoms with E-state index < -0.39 is 0 Å². The van der Waals surface area contributed by atoms with E-state index in [-0.39, 0.29) is 11.8 Å². The average Bonchev–Trinajstić information content (AvgIpc) is 2.89. The van der Waals surface area contributed by atoms with Crippen molar-refractivity contribution in [3.8, 4) is 5.69 Å². The van der Waals surface area contributed by atoms with Gasteiger partial charge in [-0.15, -0.1) is 0 Å². The Morgan fingerprint density at radius 3 is 2.74 bits per heavy atom. The van der Waals surface area contributed by atoms with E-state index in [4.69, 9.17) is 0 Å². The molecule has 0 spiro atoms. The fourth-order valence-electron chi connectivity index (χ4n) is 2.00. The molecule has 1 aliphatic rings. The van der Waals surface area contributed by atoms with Gasteiger partial charge in [0.2, 0.25) is 5.91 Å². The lowest BCUT2D eigenvalue weighted by atomic mass is 10.0. The maximum atomic E-state index is 11.7. The minimum Gasteiger partial charge on any atom is -0.352 e. The fourth-order valence-corrected chi connectivity index (χ4v) is 2.00. The summed E-state index contributed by atoms with van der Waals surface area (Å²) in [5.74, 6) is 0.276. The molecule has 2 N–H and O–H groups in total. The lowest BCUT2D eigenvalue weighted by molar-refractivity contribution is -0.126. The topological polar surface area (TPSA) is 59.0 Å². The van der Waals surface area contributed by atoms with Gasteiger partial charge in [0, 0.05) is 32.0 Å². The quantitative estimate of drug-likeness (QED) is 0.847. The first-order chi connectivity index (χ1) is 9.33. The molecule has 1 aromatic heterocycles. The zero-order valence-electron chi connectivity index (χ0n) is 10.5. The summed E-state index contributed by atoms with van der Waals surface area (Å²) in [5.41, 5.74) is 2.11. The average molecular weight is 256 g/mol. The Morgan fingerprint density at radius 1 is 1.37 bits per heavy atom. The van der Waals surface area contributed by atoms with Gasteiger partial charge in [-0.2, -0.15) is 5.10 Å². The predicted molar refractivity (Wildman–Crippen MR) is 71.8 cm³/mol. The van der Waals surface area contributed by atoms with E-state index in [0.717, 1.165) is 24.3 Å². The monoisotopic (exact) mass is 256 g/mol. The van der Waals surface area contributed by atoms with Crippen LogP contribution < -0.4 is 10.6 Å². The third-order valence-electron chi connectivity index (χ3n) is 3.32. The fraction of sp³-hybridized carbons (Fsp3) is 0.286. The van der Waals surface area contributed by atoms with E-state index in [1.807, 2.05) is 41.2 Å². The molecule has 98 valence electrons. The van der Waals surface area contributed by atoms with E-state index in [2.05, 4.69) is 15.7 Å². The highest BCUT2D eigenvalue weighted by Gasteiger charge is 2.24. The summed E-state index contributed by atoms with van der Waals surface area (Å²) < 4.78 is 1.81. The second-order valence-electron chi connectivity index (χ2n) is 4.69. The summed E-state index contributed by atoms with van der Waals surface area (Å²) in [6.45, 7) is 2.17. The molecule has 1 aliphatic heterocycles. The normalized spacial score (nSPS) is 14.9. The van der Waals surface area contributed by atoms with Gasteiger partial charge in [0.05, 0.1) is 11.6 Å². The van der Waals surface area contributed by atoms with Crippen LogP contribution in [0, 0.1) is 5.92 Å². The Labute approximate surface area is 111 Å². The Balaban J connectivity index is 1.58. The van der Waals surface area contributed by atoms with Gasteiger partial charge in [-0.25, -0.2) is 4.68 Å². The largest absolute Gasteiger partial charge is 0.352 e. The summed E-state index contributed by atoms with van der Waals surface area (Å²) >= 11 is 0. The first-order valence-electron chi connectivity index (χ1n) is 6.40. The molecule has 0 radical (unpaired) electrons. The second kappa shape index (κ2) is 5.24. The highest BCUT2D eigenvalue weighted by molar-refractivity contribution is 5.79. The molecule has 0 aliphatic carbocycles. The first kappa shape index (κ1) is 11.9. The Morgan fingerprint density at radius 2 is 2.16 bits per heavy atom. The van der Waals surface area contributed by atoms with Crippen LogP contribution in [0.25, 0.3) is 5.69 Å². The van der Waals surface area contributed by atoms with Gasteiger partial charge >= 0.3 is 0 Å². The summed E-state index contributed by atoms with van der Waals surface area (Å²) in [4.78, 5) is 11.7. The summed E-state index contributed by atoms with van der Waals surface area (Å²) in [6.07, 6.45) is 3.65. The van der Waals surface area contributed by atoms with Gasteiger partial charge in [0.25, 0.3) is 0 Å². The lowest BCUT2D eigenvalue weighted by Gasteiger charge is -2.25. The minimum atomic E-state index is 0.134. The zero-order valence-corrected chi connectivity index (χ0v) is 10.5. The Hall–Kier alpha value is -2.14. The van der Waals surface area contributed by atoms with Gasteiger partial charge < -0.3 is 10.6 Å². The maximum Gasteiger partial charge on any atom is 0.225 e. The van der Waals surface area contributed by atoms with Crippen LogP contribution in [0.5, 0.6) is 0 Å². The highest BCUT2D eigenvalue weighted by atomic mass is 16.2. The molecule has 19 heavy (non-hydrogen) atoms. The number of carbonyl (C=O) groups excluding carboxylic acids is 1. The molecule has 0 unspecified atom stereocenters. The molecule has 0 saturated carbocycles. The third kappa shape index (κ3) is 2.66. The van der Waals surface area contributed by atoms with Crippen molar-refractivity contribution in [2.45, 2.75) is 6.54 Å². The van der Waals surface area contributed by atoms with E-state index in [9.17, 15) is 4.79 Å². The van der Waals surface area contributed by atoms with E-state index in [0.29, 0.717) is 6.54 Å². The summed E-state index contributed by atoms with van der Waals surface area (Å²) in [5, 5.41) is 10.2. The first-order valence-corrected chi connectivity index (χ1v) is 6.40. The number of hydrogen-bond acceptors (Lipinski definition) is 3. The molecule has 1 amide bonds. The van der Waals surface area contributed by atoms with Crippen LogP contribution in [0.2, 0.25) is 0 Å². The van der Waals surface area contributed by atoms with Gasteiger partial charge in [-0.05, 0) is 23.8 Å². The molecule has 1 aromatic carbocycles. The van der Waals surface area contributed by atoms with Crippen molar-refractivity contribution in [3.05, 3.63) is 48.3 Å². The number of aromatic nitrogens is 2. The number of hydrogen-bond donors (Lipinski definition) is 2. The molecular weight excluding hydrogens is 240 g/mol. The Bertz CT molecular complexity index is 543. The van der Waals surface area contributed by atoms with E-state index >= 15 is 0 Å². The predicted octanol–water partition coefficient (Wildman–Crippen LogP) is 0.708. The highest BCUT2D eigenvalue weighted by Crippen LogP contribution is 2.09. The Kier molecular flexibility index (Phi) is 3.29. The van der Waals surface area contributed by atoms with Gasteiger partial charge in [-0.3, -0.25) is 4.79 Å². The van der Waals surface area contributed by atoms with Gasteiger partial charge in [-0.1, -0.05) is 12.1 Å². The third-order valence-corrected chi connectivity index (χ3v) is 3.32. The molecule has 2 heterocycles. The van der Waals surface area contributed by atoms with Crippen molar-refractivity contribution >= 4 is 5.91 Å². The van der Waals surface area contributed by atoms with Crippen molar-refractivity contribution in [3.63, 3.8) is 0 Å². The lowest BCUT2D eigenvalue weighted by Crippen LogP contribution is -2.50. The van der Waals surface area contributed by atoms with E-state index in [1.165, 1.54) is 0 Å². The van der Waals surface area contributed by atoms with Crippen LogP contribution in [0.3, 0.4) is 0 Å². The molecule has 0 atom stereocenters. The van der Waals surface area contributed by atoms with Crippen molar-refractivity contribution in [1.82, 2.24) is 20.4 Å². The van der Waals surface area contributed by atoms with E-state index in [1.54, 1.807) is 6.20 Å². The number of amides is 1.